The van der Waals surface area contributed by atoms with Gasteiger partial charge in [-0.05, 0) is 24.2 Å². The summed E-state index contributed by atoms with van der Waals surface area (Å²) in [7, 11) is 0. The van der Waals surface area contributed by atoms with Crippen LogP contribution in [0.5, 0.6) is 0 Å². The number of rotatable bonds is 10. The third-order valence-electron chi connectivity index (χ3n) is 4.48. The molecule has 0 spiro atoms. The first-order valence-corrected chi connectivity index (χ1v) is 9.65. The van der Waals surface area contributed by atoms with Crippen LogP contribution in [-0.2, 0) is 14.4 Å². The molecule has 3 amide bonds. The number of amides is 3. The fourth-order valence-corrected chi connectivity index (χ4v) is 2.64. The first-order chi connectivity index (χ1) is 12.5. The van der Waals surface area contributed by atoms with E-state index in [4.69, 9.17) is 0 Å². The SMILES string of the molecule is C=CCN(C(=O)CCC(=O)NC(C(=O)NC1CC1)C(C)(C)C)C(O)C(C)C. The van der Waals surface area contributed by atoms with Gasteiger partial charge >= 0.3 is 0 Å². The molecule has 7 heteroatoms. The molecule has 1 aliphatic carbocycles. The molecule has 0 radical (unpaired) electrons. The van der Waals surface area contributed by atoms with Crippen molar-refractivity contribution in [3.63, 3.8) is 0 Å². The molecule has 0 aliphatic heterocycles. The second-order valence-corrected chi connectivity index (χ2v) is 8.64. The molecule has 0 aromatic heterocycles. The minimum absolute atomic E-state index is 0.0371. The minimum Gasteiger partial charge on any atom is -0.373 e. The lowest BCUT2D eigenvalue weighted by atomic mass is 9.86. The summed E-state index contributed by atoms with van der Waals surface area (Å²) in [5.74, 6) is -0.986. The van der Waals surface area contributed by atoms with Gasteiger partial charge in [0.2, 0.25) is 17.7 Å². The zero-order valence-corrected chi connectivity index (χ0v) is 17.2. The summed E-state index contributed by atoms with van der Waals surface area (Å²) in [6.45, 7) is 13.1. The Labute approximate surface area is 162 Å². The van der Waals surface area contributed by atoms with E-state index >= 15 is 0 Å². The molecule has 2 atom stereocenters. The third-order valence-corrected chi connectivity index (χ3v) is 4.48. The highest BCUT2D eigenvalue weighted by atomic mass is 16.3. The van der Waals surface area contributed by atoms with Crippen LogP contribution in [0.1, 0.15) is 60.3 Å². The van der Waals surface area contributed by atoms with Gasteiger partial charge in [-0.1, -0.05) is 40.7 Å². The van der Waals surface area contributed by atoms with Gasteiger partial charge in [0.1, 0.15) is 12.3 Å². The molecule has 1 fully saturated rings. The largest absolute Gasteiger partial charge is 0.373 e. The summed E-state index contributed by atoms with van der Waals surface area (Å²) in [6, 6.07) is -0.447. The summed E-state index contributed by atoms with van der Waals surface area (Å²) in [4.78, 5) is 38.5. The highest BCUT2D eigenvalue weighted by molar-refractivity contribution is 5.90. The average Bonchev–Trinajstić information content (AvgIpc) is 3.37. The quantitative estimate of drug-likeness (QED) is 0.395. The van der Waals surface area contributed by atoms with E-state index < -0.39 is 17.7 Å². The highest BCUT2D eigenvalue weighted by Crippen LogP contribution is 2.23. The van der Waals surface area contributed by atoms with E-state index in [1.54, 1.807) is 6.08 Å². The van der Waals surface area contributed by atoms with E-state index in [-0.39, 0.29) is 49.1 Å². The molecular formula is C20H35N3O4. The Bertz CT molecular complexity index is 550. The second kappa shape index (κ2) is 9.88. The highest BCUT2D eigenvalue weighted by Gasteiger charge is 2.35. The van der Waals surface area contributed by atoms with Gasteiger partial charge in [-0.25, -0.2) is 0 Å². The number of nitrogens with one attached hydrogen (secondary N) is 2. The Kier molecular flexibility index (Phi) is 8.47. The van der Waals surface area contributed by atoms with Crippen LogP contribution >= 0.6 is 0 Å². The number of aliphatic hydroxyl groups excluding tert-OH is 1. The number of carbonyl (C=O) groups excluding carboxylic acids is 3. The van der Waals surface area contributed by atoms with Crippen molar-refractivity contribution in [1.82, 2.24) is 15.5 Å². The minimum atomic E-state index is -0.926. The van der Waals surface area contributed by atoms with E-state index in [2.05, 4.69) is 17.2 Å². The molecule has 1 saturated carbocycles. The molecule has 0 aromatic carbocycles. The Balaban J connectivity index is 2.63. The molecule has 1 rings (SSSR count). The summed E-state index contributed by atoms with van der Waals surface area (Å²) < 4.78 is 0. The number of hydrogen-bond acceptors (Lipinski definition) is 4. The zero-order chi connectivity index (χ0) is 20.8. The van der Waals surface area contributed by atoms with Gasteiger partial charge in [0.25, 0.3) is 0 Å². The lowest BCUT2D eigenvalue weighted by Crippen LogP contribution is -2.54. The normalized spacial score (nSPS) is 16.4. The molecule has 0 aromatic rings. The van der Waals surface area contributed by atoms with Crippen LogP contribution in [0.2, 0.25) is 0 Å². The molecule has 3 N–H and O–H groups in total. The van der Waals surface area contributed by atoms with Gasteiger partial charge in [0.15, 0.2) is 0 Å². The van der Waals surface area contributed by atoms with Crippen molar-refractivity contribution in [1.29, 1.82) is 0 Å². The van der Waals surface area contributed by atoms with Crippen molar-refractivity contribution in [2.24, 2.45) is 11.3 Å². The van der Waals surface area contributed by atoms with Crippen LogP contribution in [0.25, 0.3) is 0 Å². The standard InChI is InChI=1S/C20H35N3O4/c1-7-12-23(19(27)13(2)3)16(25)11-10-15(24)22-17(20(4,5)6)18(26)21-14-8-9-14/h7,13-14,17,19,27H,1,8-12H2,2-6H3,(H,21,26)(H,22,24). The first-order valence-electron chi connectivity index (χ1n) is 9.65. The summed E-state index contributed by atoms with van der Waals surface area (Å²) in [5, 5.41) is 15.9. The van der Waals surface area contributed by atoms with E-state index in [1.165, 1.54) is 4.90 Å². The maximum atomic E-state index is 12.4. The van der Waals surface area contributed by atoms with Crippen molar-refractivity contribution in [3.05, 3.63) is 12.7 Å². The first kappa shape index (κ1) is 23.1. The Morgan fingerprint density at radius 3 is 2.26 bits per heavy atom. The summed E-state index contributed by atoms with van der Waals surface area (Å²) in [6.07, 6.45) is 2.49. The van der Waals surface area contributed by atoms with Crippen molar-refractivity contribution >= 4 is 17.7 Å². The predicted octanol–water partition coefficient (Wildman–Crippen LogP) is 1.57. The maximum absolute atomic E-state index is 12.4. The summed E-state index contributed by atoms with van der Waals surface area (Å²) >= 11 is 0. The fourth-order valence-electron chi connectivity index (χ4n) is 2.64. The Morgan fingerprint density at radius 2 is 1.81 bits per heavy atom. The van der Waals surface area contributed by atoms with Gasteiger partial charge in [0.05, 0.1) is 0 Å². The number of nitrogens with zero attached hydrogens (tertiary/aromatic N) is 1. The molecular weight excluding hydrogens is 346 g/mol. The van der Waals surface area contributed by atoms with Gasteiger partial charge in [-0.15, -0.1) is 6.58 Å². The molecule has 0 heterocycles. The fraction of sp³-hybridized carbons (Fsp3) is 0.750. The van der Waals surface area contributed by atoms with Crippen molar-refractivity contribution in [2.75, 3.05) is 6.54 Å². The Hall–Kier alpha value is -1.89. The van der Waals surface area contributed by atoms with Gasteiger partial charge in [0, 0.05) is 25.4 Å². The van der Waals surface area contributed by atoms with Crippen LogP contribution in [0.4, 0.5) is 0 Å². The van der Waals surface area contributed by atoms with E-state index in [9.17, 15) is 19.5 Å². The molecule has 0 bridgehead atoms. The summed E-state index contributed by atoms with van der Waals surface area (Å²) in [5.41, 5.74) is -0.443. The van der Waals surface area contributed by atoms with Gasteiger partial charge < -0.3 is 20.6 Å². The molecule has 2 unspecified atom stereocenters. The van der Waals surface area contributed by atoms with E-state index in [1.807, 2.05) is 34.6 Å². The zero-order valence-electron chi connectivity index (χ0n) is 17.2. The van der Waals surface area contributed by atoms with E-state index in [0.717, 1.165) is 12.8 Å². The van der Waals surface area contributed by atoms with Crippen LogP contribution in [-0.4, -0.2) is 52.6 Å². The molecule has 27 heavy (non-hydrogen) atoms. The van der Waals surface area contributed by atoms with Crippen LogP contribution in [0, 0.1) is 11.3 Å². The van der Waals surface area contributed by atoms with Gasteiger partial charge in [-0.2, -0.15) is 0 Å². The number of hydrogen-bond donors (Lipinski definition) is 3. The topological polar surface area (TPSA) is 98.7 Å². The lowest BCUT2D eigenvalue weighted by molar-refractivity contribution is -0.144. The average molecular weight is 382 g/mol. The number of carbonyl (C=O) groups is 3. The van der Waals surface area contributed by atoms with Crippen LogP contribution in [0.15, 0.2) is 12.7 Å². The maximum Gasteiger partial charge on any atom is 0.243 e. The van der Waals surface area contributed by atoms with Crippen LogP contribution < -0.4 is 10.6 Å². The third kappa shape index (κ3) is 7.71. The molecule has 1 aliphatic rings. The van der Waals surface area contributed by atoms with Crippen molar-refractivity contribution in [3.8, 4) is 0 Å². The smallest absolute Gasteiger partial charge is 0.243 e. The molecule has 7 nitrogen and oxygen atoms in total. The predicted molar refractivity (Wildman–Crippen MR) is 105 cm³/mol. The van der Waals surface area contributed by atoms with Crippen molar-refractivity contribution < 1.29 is 19.5 Å². The molecule has 0 saturated heterocycles. The number of aliphatic hydroxyl groups is 1. The van der Waals surface area contributed by atoms with Gasteiger partial charge in [-0.3, -0.25) is 14.4 Å². The Morgan fingerprint density at radius 1 is 1.22 bits per heavy atom. The van der Waals surface area contributed by atoms with Crippen molar-refractivity contribution in [2.45, 2.75) is 78.6 Å². The second-order valence-electron chi connectivity index (χ2n) is 8.64. The monoisotopic (exact) mass is 381 g/mol. The molecule has 154 valence electrons. The van der Waals surface area contributed by atoms with E-state index in [0.29, 0.717) is 0 Å². The van der Waals surface area contributed by atoms with Crippen LogP contribution in [0.3, 0.4) is 0 Å². The lowest BCUT2D eigenvalue weighted by Gasteiger charge is -2.31.